The molecule has 2 aromatic heterocycles. The minimum atomic E-state index is -0.549. The summed E-state index contributed by atoms with van der Waals surface area (Å²) in [5.41, 5.74) is 4.28. The smallest absolute Gasteiger partial charge is 0.412 e. The van der Waals surface area contributed by atoms with Gasteiger partial charge in [-0.15, -0.1) is 0 Å². The van der Waals surface area contributed by atoms with Gasteiger partial charge in [0.2, 0.25) is 0 Å². The number of carbonyl (C=O) groups is 1. The van der Waals surface area contributed by atoms with Crippen molar-refractivity contribution in [2.75, 3.05) is 12.4 Å². The quantitative estimate of drug-likeness (QED) is 0.421. The molecule has 0 aliphatic carbocycles. The molecule has 0 radical (unpaired) electrons. The first-order valence-corrected chi connectivity index (χ1v) is 10.4. The number of imidazole rings is 1. The van der Waals surface area contributed by atoms with E-state index < -0.39 is 6.09 Å². The van der Waals surface area contributed by atoms with Crippen LogP contribution >= 0.6 is 23.1 Å². The average Bonchev–Trinajstić information content (AvgIpc) is 3.38. The predicted molar refractivity (Wildman–Crippen MR) is 118 cm³/mol. The standard InChI is InChI=1S/C21H19ClN4O3S/c1-3-26-12-23-17-8-13(4-7-18(17)26)11-29-21(27)24-20-10-16(25-30-20)15-6-5-14(22)9-19(15)28-2/h4-10,12H,3,11H2,1-2H3,(H,24,27). The van der Waals surface area contributed by atoms with Gasteiger partial charge in [0.15, 0.2) is 0 Å². The maximum Gasteiger partial charge on any atom is 0.412 e. The zero-order chi connectivity index (χ0) is 21.1. The first kappa shape index (κ1) is 20.2. The molecule has 2 aromatic carbocycles. The summed E-state index contributed by atoms with van der Waals surface area (Å²) in [7, 11) is 1.57. The molecule has 0 bridgehead atoms. The molecule has 1 amide bonds. The Hall–Kier alpha value is -3.10. The van der Waals surface area contributed by atoms with Crippen molar-refractivity contribution in [1.29, 1.82) is 0 Å². The van der Waals surface area contributed by atoms with Crippen LogP contribution in [0, 0.1) is 0 Å². The molecule has 9 heteroatoms. The van der Waals surface area contributed by atoms with E-state index in [4.69, 9.17) is 21.1 Å². The summed E-state index contributed by atoms with van der Waals surface area (Å²) in [5.74, 6) is 0.614. The average molecular weight is 443 g/mol. The normalized spacial score (nSPS) is 10.9. The molecule has 0 fully saturated rings. The number of nitrogens with zero attached hydrogens (tertiary/aromatic N) is 3. The fourth-order valence-electron chi connectivity index (χ4n) is 3.07. The summed E-state index contributed by atoms with van der Waals surface area (Å²) in [6.07, 6.45) is 1.26. The second-order valence-corrected chi connectivity index (χ2v) is 7.72. The highest BCUT2D eigenvalue weighted by Gasteiger charge is 2.13. The molecule has 0 saturated heterocycles. The lowest BCUT2D eigenvalue weighted by Crippen LogP contribution is -2.12. The van der Waals surface area contributed by atoms with E-state index in [9.17, 15) is 4.79 Å². The van der Waals surface area contributed by atoms with E-state index in [0.717, 1.165) is 40.2 Å². The van der Waals surface area contributed by atoms with Crippen LogP contribution in [0.15, 0.2) is 48.8 Å². The Kier molecular flexibility index (Phi) is 5.87. The number of ether oxygens (including phenoxy) is 2. The molecule has 0 spiro atoms. The molecular formula is C21H19ClN4O3S. The Bertz CT molecular complexity index is 1200. The molecule has 0 aliphatic rings. The predicted octanol–water partition coefficient (Wildman–Crippen LogP) is 5.59. The van der Waals surface area contributed by atoms with Crippen molar-refractivity contribution >= 4 is 45.3 Å². The number of aromatic nitrogens is 3. The Labute approximate surface area is 182 Å². The monoisotopic (exact) mass is 442 g/mol. The largest absolute Gasteiger partial charge is 0.496 e. The number of rotatable bonds is 6. The third-order valence-electron chi connectivity index (χ3n) is 4.57. The number of fused-ring (bicyclic) bond motifs is 1. The molecule has 0 unspecified atom stereocenters. The van der Waals surface area contributed by atoms with E-state index in [0.29, 0.717) is 21.5 Å². The maximum atomic E-state index is 12.2. The zero-order valence-electron chi connectivity index (χ0n) is 16.4. The van der Waals surface area contributed by atoms with E-state index in [1.165, 1.54) is 0 Å². The van der Waals surface area contributed by atoms with Crippen molar-refractivity contribution in [3.05, 3.63) is 59.4 Å². The van der Waals surface area contributed by atoms with Crippen molar-refractivity contribution in [2.45, 2.75) is 20.1 Å². The summed E-state index contributed by atoms with van der Waals surface area (Å²) in [6, 6.07) is 12.9. The van der Waals surface area contributed by atoms with Crippen molar-refractivity contribution in [1.82, 2.24) is 13.9 Å². The van der Waals surface area contributed by atoms with Gasteiger partial charge in [-0.25, -0.2) is 9.78 Å². The van der Waals surface area contributed by atoms with Gasteiger partial charge in [-0.1, -0.05) is 17.7 Å². The number of methoxy groups -OCH3 is 1. The van der Waals surface area contributed by atoms with Gasteiger partial charge in [-0.3, -0.25) is 5.32 Å². The Morgan fingerprint density at radius 3 is 2.90 bits per heavy atom. The summed E-state index contributed by atoms with van der Waals surface area (Å²) in [4.78, 5) is 16.6. The van der Waals surface area contributed by atoms with Crippen LogP contribution < -0.4 is 10.1 Å². The second-order valence-electron chi connectivity index (χ2n) is 6.48. The number of hydrogen-bond acceptors (Lipinski definition) is 6. The molecule has 7 nitrogen and oxygen atoms in total. The highest BCUT2D eigenvalue weighted by atomic mass is 35.5. The molecule has 0 saturated carbocycles. The Balaban J connectivity index is 1.39. The van der Waals surface area contributed by atoms with Gasteiger partial charge in [0, 0.05) is 23.2 Å². The number of amides is 1. The third kappa shape index (κ3) is 4.24. The van der Waals surface area contributed by atoms with E-state index in [1.807, 2.05) is 24.3 Å². The van der Waals surface area contributed by atoms with Gasteiger partial charge >= 0.3 is 6.09 Å². The van der Waals surface area contributed by atoms with Crippen LogP contribution in [-0.2, 0) is 17.9 Å². The topological polar surface area (TPSA) is 78.3 Å². The van der Waals surface area contributed by atoms with Crippen LogP contribution in [0.3, 0.4) is 0 Å². The van der Waals surface area contributed by atoms with E-state index in [-0.39, 0.29) is 6.61 Å². The number of carbonyl (C=O) groups excluding carboxylic acids is 1. The molecule has 30 heavy (non-hydrogen) atoms. The van der Waals surface area contributed by atoms with E-state index in [2.05, 4.69) is 26.2 Å². The van der Waals surface area contributed by atoms with E-state index in [1.54, 1.807) is 31.6 Å². The van der Waals surface area contributed by atoms with Crippen molar-refractivity contribution in [2.24, 2.45) is 0 Å². The first-order chi connectivity index (χ1) is 14.6. The SMILES string of the molecule is CCn1cnc2cc(COC(=O)Nc3cc(-c4ccc(Cl)cc4OC)ns3)ccc21. The summed E-state index contributed by atoms with van der Waals surface area (Å²) in [6.45, 7) is 3.07. The van der Waals surface area contributed by atoms with Gasteiger partial charge in [-0.05, 0) is 54.4 Å². The Morgan fingerprint density at radius 2 is 2.10 bits per heavy atom. The van der Waals surface area contributed by atoms with Crippen LogP contribution in [0.2, 0.25) is 5.02 Å². The lowest BCUT2D eigenvalue weighted by molar-refractivity contribution is 0.155. The zero-order valence-corrected chi connectivity index (χ0v) is 18.0. The molecule has 154 valence electrons. The molecule has 0 aliphatic heterocycles. The third-order valence-corrected chi connectivity index (χ3v) is 5.51. The number of halogens is 1. The number of hydrogen-bond donors (Lipinski definition) is 1. The van der Waals surface area contributed by atoms with Gasteiger partial charge in [-0.2, -0.15) is 4.37 Å². The van der Waals surface area contributed by atoms with Crippen LogP contribution in [0.5, 0.6) is 5.75 Å². The van der Waals surface area contributed by atoms with Crippen LogP contribution in [0.25, 0.3) is 22.3 Å². The lowest BCUT2D eigenvalue weighted by atomic mass is 10.1. The number of aryl methyl sites for hydroxylation is 1. The molecule has 0 atom stereocenters. The number of benzene rings is 2. The minimum Gasteiger partial charge on any atom is -0.496 e. The van der Waals surface area contributed by atoms with Crippen LogP contribution in [0.1, 0.15) is 12.5 Å². The second kappa shape index (κ2) is 8.73. The molecular weight excluding hydrogens is 424 g/mol. The minimum absolute atomic E-state index is 0.150. The Morgan fingerprint density at radius 1 is 1.23 bits per heavy atom. The molecule has 1 N–H and O–H groups in total. The number of anilines is 1. The van der Waals surface area contributed by atoms with E-state index >= 15 is 0 Å². The van der Waals surface area contributed by atoms with Crippen molar-refractivity contribution in [3.8, 4) is 17.0 Å². The fourth-order valence-corrected chi connectivity index (χ4v) is 3.88. The first-order valence-electron chi connectivity index (χ1n) is 9.25. The summed E-state index contributed by atoms with van der Waals surface area (Å²) >= 11 is 7.17. The maximum absolute atomic E-state index is 12.2. The molecule has 4 aromatic rings. The van der Waals surface area contributed by atoms with Gasteiger partial charge in [0.1, 0.15) is 17.4 Å². The summed E-state index contributed by atoms with van der Waals surface area (Å²) < 4.78 is 17.1. The highest BCUT2D eigenvalue weighted by Crippen LogP contribution is 2.34. The highest BCUT2D eigenvalue weighted by molar-refractivity contribution is 7.10. The van der Waals surface area contributed by atoms with Crippen molar-refractivity contribution < 1.29 is 14.3 Å². The van der Waals surface area contributed by atoms with Gasteiger partial charge in [0.05, 0.1) is 30.2 Å². The van der Waals surface area contributed by atoms with Gasteiger partial charge in [0.25, 0.3) is 0 Å². The molecule has 4 rings (SSSR count). The molecule has 2 heterocycles. The van der Waals surface area contributed by atoms with Crippen molar-refractivity contribution in [3.63, 3.8) is 0 Å². The summed E-state index contributed by atoms with van der Waals surface area (Å²) in [5, 5.41) is 3.86. The van der Waals surface area contributed by atoms with Crippen LogP contribution in [0.4, 0.5) is 9.80 Å². The van der Waals surface area contributed by atoms with Gasteiger partial charge < -0.3 is 14.0 Å². The van der Waals surface area contributed by atoms with Crippen LogP contribution in [-0.4, -0.2) is 27.1 Å². The number of nitrogens with one attached hydrogen (secondary N) is 1. The lowest BCUT2D eigenvalue weighted by Gasteiger charge is -2.06. The fraction of sp³-hybridized carbons (Fsp3) is 0.190.